The van der Waals surface area contributed by atoms with Gasteiger partial charge in [0.2, 0.25) is 0 Å². The third-order valence-electron chi connectivity index (χ3n) is 3.32. The molecule has 0 aliphatic carbocycles. The Morgan fingerprint density at radius 3 is 2.78 bits per heavy atom. The highest BCUT2D eigenvalue weighted by molar-refractivity contribution is 5.86. The lowest BCUT2D eigenvalue weighted by Crippen LogP contribution is -2.03. The third-order valence-corrected chi connectivity index (χ3v) is 3.32. The Hall–Kier alpha value is -2.20. The lowest BCUT2D eigenvalue weighted by molar-refractivity contribution is 0.476. The first-order valence-electron chi connectivity index (χ1n) is 5.86. The predicted octanol–water partition coefficient (Wildman–Crippen LogP) is 2.34. The van der Waals surface area contributed by atoms with Gasteiger partial charge in [-0.2, -0.15) is 0 Å². The van der Waals surface area contributed by atoms with E-state index < -0.39 is 0 Å². The van der Waals surface area contributed by atoms with Crippen LogP contribution in [-0.4, -0.2) is 14.7 Å². The van der Waals surface area contributed by atoms with Crippen LogP contribution in [0.1, 0.15) is 5.69 Å². The Balaban J connectivity index is 2.16. The van der Waals surface area contributed by atoms with E-state index in [9.17, 15) is 5.11 Å². The quantitative estimate of drug-likeness (QED) is 0.644. The molecule has 0 spiro atoms. The minimum Gasteiger partial charge on any atom is -0.508 e. The average Bonchev–Trinajstić information content (AvgIpc) is 2.91. The number of aromatic nitrogens is 2. The molecular weight excluding hydrogens is 226 g/mol. The SMILES string of the molecule is Cn1c(CN)ccc1-c1cc2ccc(O)cc2[nH]1. The second-order valence-electron chi connectivity index (χ2n) is 4.43. The molecular formula is C14H15N3O. The van der Waals surface area contributed by atoms with Crippen LogP contribution in [0.5, 0.6) is 5.75 Å². The summed E-state index contributed by atoms with van der Waals surface area (Å²) >= 11 is 0. The summed E-state index contributed by atoms with van der Waals surface area (Å²) in [6, 6.07) is 11.5. The molecule has 4 N–H and O–H groups in total. The Morgan fingerprint density at radius 1 is 1.22 bits per heavy atom. The number of fused-ring (bicyclic) bond motifs is 1. The van der Waals surface area contributed by atoms with Crippen LogP contribution < -0.4 is 5.73 Å². The molecule has 2 aromatic heterocycles. The molecule has 0 amide bonds. The Bertz CT molecular complexity index is 709. The van der Waals surface area contributed by atoms with Crippen LogP contribution >= 0.6 is 0 Å². The average molecular weight is 241 g/mol. The zero-order chi connectivity index (χ0) is 12.7. The van der Waals surface area contributed by atoms with Crippen molar-refractivity contribution in [3.05, 3.63) is 42.1 Å². The summed E-state index contributed by atoms with van der Waals surface area (Å²) in [7, 11) is 2.00. The number of nitrogens with two attached hydrogens (primary N) is 1. The summed E-state index contributed by atoms with van der Waals surface area (Å²) in [5, 5.41) is 10.5. The number of benzene rings is 1. The number of phenols is 1. The number of aromatic hydroxyl groups is 1. The van der Waals surface area contributed by atoms with Crippen molar-refractivity contribution in [2.24, 2.45) is 12.8 Å². The highest BCUT2D eigenvalue weighted by atomic mass is 16.3. The summed E-state index contributed by atoms with van der Waals surface area (Å²) < 4.78 is 2.07. The number of rotatable bonds is 2. The number of nitrogens with zero attached hydrogens (tertiary/aromatic N) is 1. The van der Waals surface area contributed by atoms with Crippen molar-refractivity contribution < 1.29 is 5.11 Å². The standard InChI is InChI=1S/C14H15N3O/c1-17-10(8-15)3-5-14(17)13-6-9-2-4-11(18)7-12(9)16-13/h2-7,16,18H,8,15H2,1H3. The molecule has 0 atom stereocenters. The Morgan fingerprint density at radius 2 is 2.06 bits per heavy atom. The molecule has 92 valence electrons. The van der Waals surface area contributed by atoms with Crippen molar-refractivity contribution in [2.75, 3.05) is 0 Å². The van der Waals surface area contributed by atoms with Crippen molar-refractivity contribution >= 4 is 10.9 Å². The van der Waals surface area contributed by atoms with Crippen LogP contribution in [0.2, 0.25) is 0 Å². The lowest BCUT2D eigenvalue weighted by atomic mass is 10.2. The van der Waals surface area contributed by atoms with Gasteiger partial charge in [0, 0.05) is 36.3 Å². The van der Waals surface area contributed by atoms with Gasteiger partial charge in [0.1, 0.15) is 5.75 Å². The fraction of sp³-hybridized carbons (Fsp3) is 0.143. The summed E-state index contributed by atoms with van der Waals surface area (Å²) in [4.78, 5) is 3.31. The fourth-order valence-electron chi connectivity index (χ4n) is 2.28. The number of nitrogens with one attached hydrogen (secondary N) is 1. The number of phenolic OH excluding ortho intramolecular Hbond substituents is 1. The zero-order valence-electron chi connectivity index (χ0n) is 10.1. The van der Waals surface area contributed by atoms with E-state index in [1.165, 1.54) is 0 Å². The molecule has 0 aliphatic rings. The fourth-order valence-corrected chi connectivity index (χ4v) is 2.28. The molecule has 0 fully saturated rings. The van der Waals surface area contributed by atoms with Crippen molar-refractivity contribution in [2.45, 2.75) is 6.54 Å². The molecule has 4 nitrogen and oxygen atoms in total. The minimum atomic E-state index is 0.269. The molecule has 0 aliphatic heterocycles. The molecule has 1 aromatic carbocycles. The van der Waals surface area contributed by atoms with Crippen molar-refractivity contribution in [3.63, 3.8) is 0 Å². The molecule has 18 heavy (non-hydrogen) atoms. The molecule has 0 radical (unpaired) electrons. The maximum absolute atomic E-state index is 9.47. The van der Waals surface area contributed by atoms with E-state index >= 15 is 0 Å². The van der Waals surface area contributed by atoms with E-state index in [2.05, 4.69) is 15.6 Å². The van der Waals surface area contributed by atoms with Crippen LogP contribution in [0.15, 0.2) is 36.4 Å². The minimum absolute atomic E-state index is 0.269. The molecule has 0 bridgehead atoms. The second kappa shape index (κ2) is 3.92. The first-order valence-corrected chi connectivity index (χ1v) is 5.86. The molecule has 2 heterocycles. The molecule has 3 aromatic rings. The third kappa shape index (κ3) is 1.58. The maximum Gasteiger partial charge on any atom is 0.117 e. The van der Waals surface area contributed by atoms with E-state index in [1.54, 1.807) is 12.1 Å². The summed E-state index contributed by atoms with van der Waals surface area (Å²) in [6.07, 6.45) is 0. The highest BCUT2D eigenvalue weighted by Gasteiger charge is 2.09. The molecule has 0 unspecified atom stereocenters. The molecule has 3 rings (SSSR count). The van der Waals surface area contributed by atoms with Crippen molar-refractivity contribution in [3.8, 4) is 17.1 Å². The number of hydrogen-bond donors (Lipinski definition) is 3. The van der Waals surface area contributed by atoms with Gasteiger partial charge in [-0.15, -0.1) is 0 Å². The number of hydrogen-bond acceptors (Lipinski definition) is 2. The number of H-pyrrole nitrogens is 1. The van der Waals surface area contributed by atoms with E-state index in [-0.39, 0.29) is 5.75 Å². The topological polar surface area (TPSA) is 67.0 Å². The van der Waals surface area contributed by atoms with Gasteiger partial charge in [0.25, 0.3) is 0 Å². The van der Waals surface area contributed by atoms with Gasteiger partial charge >= 0.3 is 0 Å². The highest BCUT2D eigenvalue weighted by Crippen LogP contribution is 2.27. The largest absolute Gasteiger partial charge is 0.508 e. The van der Waals surface area contributed by atoms with E-state index in [0.717, 1.165) is 28.0 Å². The van der Waals surface area contributed by atoms with Crippen LogP contribution in [-0.2, 0) is 13.6 Å². The zero-order valence-corrected chi connectivity index (χ0v) is 10.1. The Labute approximate surface area is 105 Å². The van der Waals surface area contributed by atoms with E-state index in [1.807, 2.05) is 25.2 Å². The van der Waals surface area contributed by atoms with E-state index in [0.29, 0.717) is 6.54 Å². The first kappa shape index (κ1) is 10.9. The predicted molar refractivity (Wildman–Crippen MR) is 72.3 cm³/mol. The smallest absolute Gasteiger partial charge is 0.117 e. The van der Waals surface area contributed by atoms with Gasteiger partial charge in [0.15, 0.2) is 0 Å². The maximum atomic E-state index is 9.47. The second-order valence-corrected chi connectivity index (χ2v) is 4.43. The molecule has 4 heteroatoms. The van der Waals surface area contributed by atoms with Crippen LogP contribution in [0.25, 0.3) is 22.3 Å². The van der Waals surface area contributed by atoms with Crippen LogP contribution in [0.4, 0.5) is 0 Å². The van der Waals surface area contributed by atoms with Gasteiger partial charge in [-0.05, 0) is 30.3 Å². The molecule has 0 saturated heterocycles. The summed E-state index contributed by atoms with van der Waals surface area (Å²) in [5.41, 5.74) is 9.81. The monoisotopic (exact) mass is 241 g/mol. The van der Waals surface area contributed by atoms with Gasteiger partial charge in [0.05, 0.1) is 11.4 Å². The Kier molecular flexibility index (Phi) is 2.38. The van der Waals surface area contributed by atoms with Gasteiger partial charge in [-0.25, -0.2) is 0 Å². The lowest BCUT2D eigenvalue weighted by Gasteiger charge is -2.04. The van der Waals surface area contributed by atoms with Crippen molar-refractivity contribution in [1.82, 2.24) is 9.55 Å². The van der Waals surface area contributed by atoms with Gasteiger partial charge in [-0.3, -0.25) is 0 Å². The number of aromatic amines is 1. The van der Waals surface area contributed by atoms with Gasteiger partial charge < -0.3 is 20.4 Å². The van der Waals surface area contributed by atoms with Crippen LogP contribution in [0, 0.1) is 0 Å². The molecule has 0 saturated carbocycles. The normalized spacial score (nSPS) is 11.2. The van der Waals surface area contributed by atoms with Crippen LogP contribution in [0.3, 0.4) is 0 Å². The van der Waals surface area contributed by atoms with E-state index in [4.69, 9.17) is 5.73 Å². The summed E-state index contributed by atoms with van der Waals surface area (Å²) in [6.45, 7) is 0.525. The van der Waals surface area contributed by atoms with Gasteiger partial charge in [-0.1, -0.05) is 0 Å². The van der Waals surface area contributed by atoms with Crippen molar-refractivity contribution in [1.29, 1.82) is 0 Å². The summed E-state index contributed by atoms with van der Waals surface area (Å²) in [5.74, 6) is 0.269. The first-order chi connectivity index (χ1) is 8.69.